The van der Waals surface area contributed by atoms with Crippen LogP contribution in [-0.4, -0.2) is 45.3 Å². The minimum atomic E-state index is -0.148. The van der Waals surface area contributed by atoms with Crippen LogP contribution in [0, 0.1) is 5.92 Å². The smallest absolute Gasteiger partial charge is 0.305 e. The second-order valence-corrected chi connectivity index (χ2v) is 5.24. The summed E-state index contributed by atoms with van der Waals surface area (Å²) >= 11 is 0. The highest BCUT2D eigenvalue weighted by Crippen LogP contribution is 2.38. The van der Waals surface area contributed by atoms with Crippen LogP contribution in [-0.2, 0) is 23.8 Å². The topological polar surface area (TPSA) is 61.8 Å². The van der Waals surface area contributed by atoms with E-state index in [-0.39, 0.29) is 29.9 Å². The van der Waals surface area contributed by atoms with Gasteiger partial charge in [-0.15, -0.1) is 0 Å². The van der Waals surface area contributed by atoms with Gasteiger partial charge >= 0.3 is 5.97 Å². The maximum atomic E-state index is 11.9. The number of hydrogen-bond donors (Lipinski definition) is 0. The molecule has 0 bridgehead atoms. The molecule has 1 aliphatic rings. The highest BCUT2D eigenvalue weighted by atomic mass is 16.5. The Morgan fingerprint density at radius 2 is 1.30 bits per heavy atom. The Kier molecular flexibility index (Phi) is 7.77. The summed E-state index contributed by atoms with van der Waals surface area (Å²) in [4.78, 5) is 22.8. The Morgan fingerprint density at radius 1 is 0.800 bits per heavy atom. The third-order valence-electron chi connectivity index (χ3n) is 3.84. The van der Waals surface area contributed by atoms with E-state index < -0.39 is 0 Å². The van der Waals surface area contributed by atoms with E-state index in [1.54, 1.807) is 14.2 Å². The highest BCUT2D eigenvalue weighted by Gasteiger charge is 2.55. The number of carbonyl (C=O) groups excluding carboxylic acids is 2. The first-order chi connectivity index (χ1) is 9.65. The number of Topliss-reactive ketones (excluding diaryl/α,β-unsaturated/α-hetero) is 1. The molecule has 0 heterocycles. The standard InChI is InChI=1S/C15H26O5/c1-18-12(17)10-8-6-4-5-7-9-11(16)13-14(19-2)15(13)20-3/h13-15H,4-10H2,1-3H3/t13?,14-,15+. The van der Waals surface area contributed by atoms with E-state index >= 15 is 0 Å². The lowest BCUT2D eigenvalue weighted by molar-refractivity contribution is -0.140. The number of ketones is 1. The van der Waals surface area contributed by atoms with Crippen molar-refractivity contribution in [1.82, 2.24) is 0 Å². The van der Waals surface area contributed by atoms with Crippen LogP contribution in [0.25, 0.3) is 0 Å². The van der Waals surface area contributed by atoms with E-state index in [2.05, 4.69) is 4.74 Å². The zero-order chi connectivity index (χ0) is 15.0. The minimum absolute atomic E-state index is 0.0486. The van der Waals surface area contributed by atoms with Crippen LogP contribution < -0.4 is 0 Å². The molecule has 0 saturated heterocycles. The molecule has 1 unspecified atom stereocenters. The number of esters is 1. The molecule has 1 saturated carbocycles. The van der Waals surface area contributed by atoms with Crippen LogP contribution in [0.4, 0.5) is 0 Å². The van der Waals surface area contributed by atoms with Gasteiger partial charge in [0.25, 0.3) is 0 Å². The fourth-order valence-electron chi connectivity index (χ4n) is 2.55. The minimum Gasteiger partial charge on any atom is -0.469 e. The van der Waals surface area contributed by atoms with Gasteiger partial charge in [-0.25, -0.2) is 0 Å². The zero-order valence-corrected chi connectivity index (χ0v) is 12.7. The van der Waals surface area contributed by atoms with Gasteiger partial charge in [0, 0.05) is 27.1 Å². The normalized spacial score (nSPS) is 24.4. The molecular weight excluding hydrogens is 260 g/mol. The van der Waals surface area contributed by atoms with Crippen LogP contribution >= 0.6 is 0 Å². The van der Waals surface area contributed by atoms with Gasteiger partial charge in [-0.2, -0.15) is 0 Å². The SMILES string of the molecule is COC(=O)CCCCCCCC(=O)C1[C@@H](OC)[C@H]1OC. The summed E-state index contributed by atoms with van der Waals surface area (Å²) in [6.45, 7) is 0. The first-order valence-electron chi connectivity index (χ1n) is 7.30. The quantitative estimate of drug-likeness (QED) is 0.430. The molecule has 20 heavy (non-hydrogen) atoms. The lowest BCUT2D eigenvalue weighted by atomic mass is 10.1. The Balaban J connectivity index is 1.99. The second kappa shape index (κ2) is 9.08. The molecule has 0 aromatic heterocycles. The van der Waals surface area contributed by atoms with E-state index in [1.807, 2.05) is 0 Å². The molecule has 1 aliphatic carbocycles. The average molecular weight is 286 g/mol. The number of ether oxygens (including phenoxy) is 3. The van der Waals surface area contributed by atoms with Gasteiger partial charge in [-0.1, -0.05) is 19.3 Å². The molecule has 0 aromatic rings. The Morgan fingerprint density at radius 3 is 1.80 bits per heavy atom. The second-order valence-electron chi connectivity index (χ2n) is 5.24. The van der Waals surface area contributed by atoms with Crippen molar-refractivity contribution >= 4 is 11.8 Å². The van der Waals surface area contributed by atoms with Gasteiger partial charge in [-0.05, 0) is 12.8 Å². The molecule has 0 aromatic carbocycles. The molecule has 1 rings (SSSR count). The fraction of sp³-hybridized carbons (Fsp3) is 0.867. The van der Waals surface area contributed by atoms with E-state index in [9.17, 15) is 9.59 Å². The highest BCUT2D eigenvalue weighted by molar-refractivity contribution is 5.85. The largest absolute Gasteiger partial charge is 0.469 e. The number of methoxy groups -OCH3 is 3. The third kappa shape index (κ3) is 5.21. The van der Waals surface area contributed by atoms with Crippen molar-refractivity contribution in [3.63, 3.8) is 0 Å². The van der Waals surface area contributed by atoms with E-state index in [1.165, 1.54) is 7.11 Å². The first kappa shape index (κ1) is 17.1. The molecule has 5 heteroatoms. The predicted octanol–water partition coefficient (Wildman–Crippen LogP) is 2.12. The predicted molar refractivity (Wildman–Crippen MR) is 74.4 cm³/mol. The molecule has 5 nitrogen and oxygen atoms in total. The van der Waals surface area contributed by atoms with Gasteiger partial charge in [-0.3, -0.25) is 9.59 Å². The molecule has 3 atom stereocenters. The average Bonchev–Trinajstić information content (AvgIpc) is 3.19. The Bertz CT molecular complexity index is 305. The van der Waals surface area contributed by atoms with E-state index in [4.69, 9.17) is 9.47 Å². The van der Waals surface area contributed by atoms with Gasteiger partial charge in [0.2, 0.25) is 0 Å². The van der Waals surface area contributed by atoms with Gasteiger partial charge < -0.3 is 14.2 Å². The molecule has 116 valence electrons. The van der Waals surface area contributed by atoms with E-state index in [0.29, 0.717) is 12.8 Å². The van der Waals surface area contributed by atoms with Crippen LogP contribution in [0.5, 0.6) is 0 Å². The summed E-state index contributed by atoms with van der Waals surface area (Å²) in [6, 6.07) is 0. The number of rotatable bonds is 11. The summed E-state index contributed by atoms with van der Waals surface area (Å²) in [5.41, 5.74) is 0. The molecular formula is C15H26O5. The van der Waals surface area contributed by atoms with Crippen molar-refractivity contribution in [3.8, 4) is 0 Å². The van der Waals surface area contributed by atoms with Crippen LogP contribution in [0.1, 0.15) is 44.9 Å². The zero-order valence-electron chi connectivity index (χ0n) is 12.7. The fourth-order valence-corrected chi connectivity index (χ4v) is 2.55. The number of unbranched alkanes of at least 4 members (excludes halogenated alkanes) is 4. The molecule has 0 aliphatic heterocycles. The lowest BCUT2D eigenvalue weighted by Crippen LogP contribution is -2.06. The van der Waals surface area contributed by atoms with E-state index in [0.717, 1.165) is 32.1 Å². The summed E-state index contributed by atoms with van der Waals surface area (Å²) in [7, 11) is 4.64. The van der Waals surface area contributed by atoms with Gasteiger partial charge in [0.15, 0.2) is 0 Å². The number of carbonyl (C=O) groups is 2. The summed E-state index contributed by atoms with van der Waals surface area (Å²) in [6.07, 6.45) is 5.84. The monoisotopic (exact) mass is 286 g/mol. The van der Waals surface area contributed by atoms with Crippen LogP contribution in [0.2, 0.25) is 0 Å². The van der Waals surface area contributed by atoms with Crippen molar-refractivity contribution < 1.29 is 23.8 Å². The maximum absolute atomic E-state index is 11.9. The summed E-state index contributed by atoms with van der Waals surface area (Å²) in [5, 5.41) is 0. The summed E-state index contributed by atoms with van der Waals surface area (Å²) < 4.78 is 15.0. The molecule has 0 N–H and O–H groups in total. The van der Waals surface area contributed by atoms with Crippen molar-refractivity contribution in [2.24, 2.45) is 5.92 Å². The Hall–Kier alpha value is -0.940. The maximum Gasteiger partial charge on any atom is 0.305 e. The van der Waals surface area contributed by atoms with Gasteiger partial charge in [0.1, 0.15) is 5.78 Å². The van der Waals surface area contributed by atoms with Crippen molar-refractivity contribution in [2.45, 2.75) is 57.2 Å². The van der Waals surface area contributed by atoms with Crippen LogP contribution in [0.15, 0.2) is 0 Å². The van der Waals surface area contributed by atoms with Crippen LogP contribution in [0.3, 0.4) is 0 Å². The van der Waals surface area contributed by atoms with Crippen molar-refractivity contribution in [2.75, 3.05) is 21.3 Å². The lowest BCUT2D eigenvalue weighted by Gasteiger charge is -2.01. The molecule has 1 fully saturated rings. The summed E-state index contributed by atoms with van der Waals surface area (Å²) in [5.74, 6) is 0.0349. The third-order valence-corrected chi connectivity index (χ3v) is 3.84. The van der Waals surface area contributed by atoms with Crippen molar-refractivity contribution in [3.05, 3.63) is 0 Å². The molecule has 0 amide bonds. The van der Waals surface area contributed by atoms with Gasteiger partial charge in [0.05, 0.1) is 25.2 Å². The molecule has 0 spiro atoms. The molecule has 0 radical (unpaired) electrons. The number of hydrogen-bond acceptors (Lipinski definition) is 5. The Labute approximate surface area is 121 Å². The van der Waals surface area contributed by atoms with Crippen molar-refractivity contribution in [1.29, 1.82) is 0 Å². The first-order valence-corrected chi connectivity index (χ1v) is 7.30.